The highest BCUT2D eigenvalue weighted by molar-refractivity contribution is 5.82. The van der Waals surface area contributed by atoms with Crippen LogP contribution in [0, 0.1) is 5.41 Å². The van der Waals surface area contributed by atoms with Crippen molar-refractivity contribution in [2.45, 2.75) is 51.5 Å². The van der Waals surface area contributed by atoms with Crippen molar-refractivity contribution in [3.05, 3.63) is 0 Å². The van der Waals surface area contributed by atoms with Crippen LogP contribution in [0.1, 0.15) is 39.5 Å². The van der Waals surface area contributed by atoms with Gasteiger partial charge in [0.25, 0.3) is 5.92 Å². The Balaban J connectivity index is 1.97. The molecule has 5 heteroatoms. The van der Waals surface area contributed by atoms with Gasteiger partial charge in [0.05, 0.1) is 12.6 Å². The molecule has 2 aliphatic heterocycles. The molecule has 2 aliphatic rings. The number of piperidine rings is 1. The quantitative estimate of drug-likeness (QED) is 0.824. The number of carbonyl (C=O) groups excluding carboxylic acids is 1. The number of hydrogen-bond donors (Lipinski definition) is 1. The van der Waals surface area contributed by atoms with Gasteiger partial charge in [0.15, 0.2) is 0 Å². The Bertz CT molecular complexity index is 335. The van der Waals surface area contributed by atoms with Crippen molar-refractivity contribution in [3.8, 4) is 0 Å². The molecule has 2 heterocycles. The van der Waals surface area contributed by atoms with Crippen LogP contribution in [0.5, 0.6) is 0 Å². The fraction of sp³-hybridized carbons (Fsp3) is 0.923. The van der Waals surface area contributed by atoms with Gasteiger partial charge in [0.2, 0.25) is 5.91 Å². The maximum atomic E-state index is 13.1. The molecule has 1 N–H and O–H groups in total. The zero-order chi connectivity index (χ0) is 13.4. The summed E-state index contributed by atoms with van der Waals surface area (Å²) in [5.41, 5.74) is 0.148. The summed E-state index contributed by atoms with van der Waals surface area (Å²) in [5.74, 6) is -2.88. The monoisotopic (exact) mass is 260 g/mol. The third-order valence-electron chi connectivity index (χ3n) is 4.35. The van der Waals surface area contributed by atoms with Crippen LogP contribution < -0.4 is 5.32 Å². The summed E-state index contributed by atoms with van der Waals surface area (Å²) in [5, 5.41) is 2.65. The summed E-state index contributed by atoms with van der Waals surface area (Å²) >= 11 is 0. The number of nitrogens with one attached hydrogen (secondary N) is 1. The molecule has 2 fully saturated rings. The lowest BCUT2D eigenvalue weighted by Crippen LogP contribution is -2.50. The molecule has 0 saturated carbocycles. The van der Waals surface area contributed by atoms with Gasteiger partial charge in [-0.05, 0) is 24.7 Å². The number of carbonyl (C=O) groups is 1. The molecule has 18 heavy (non-hydrogen) atoms. The van der Waals surface area contributed by atoms with Crippen molar-refractivity contribution >= 4 is 5.91 Å². The number of nitrogens with zero attached hydrogens (tertiary/aromatic N) is 1. The first-order valence-electron chi connectivity index (χ1n) is 6.75. The molecule has 2 rings (SSSR count). The Morgan fingerprint density at radius 3 is 2.78 bits per heavy atom. The maximum Gasteiger partial charge on any atom is 0.262 e. The number of halogens is 2. The molecule has 0 aromatic carbocycles. The molecule has 2 saturated heterocycles. The van der Waals surface area contributed by atoms with Crippen molar-refractivity contribution in [1.82, 2.24) is 10.2 Å². The van der Waals surface area contributed by atoms with E-state index >= 15 is 0 Å². The minimum atomic E-state index is -2.73. The van der Waals surface area contributed by atoms with Crippen LogP contribution in [0.25, 0.3) is 0 Å². The topological polar surface area (TPSA) is 32.3 Å². The highest BCUT2D eigenvalue weighted by atomic mass is 19.3. The van der Waals surface area contributed by atoms with Gasteiger partial charge in [-0.1, -0.05) is 13.8 Å². The van der Waals surface area contributed by atoms with E-state index in [1.54, 1.807) is 4.90 Å². The molecule has 0 aromatic heterocycles. The van der Waals surface area contributed by atoms with Gasteiger partial charge in [-0.2, -0.15) is 0 Å². The minimum Gasteiger partial charge on any atom is -0.341 e. The van der Waals surface area contributed by atoms with Crippen molar-refractivity contribution < 1.29 is 13.6 Å². The first-order chi connectivity index (χ1) is 8.35. The van der Waals surface area contributed by atoms with Gasteiger partial charge in [-0.3, -0.25) is 10.1 Å². The fourth-order valence-corrected chi connectivity index (χ4v) is 2.90. The smallest absolute Gasteiger partial charge is 0.262 e. The van der Waals surface area contributed by atoms with E-state index < -0.39 is 12.0 Å². The van der Waals surface area contributed by atoms with E-state index in [1.807, 2.05) is 0 Å². The van der Waals surface area contributed by atoms with Crippen LogP contribution in [0.3, 0.4) is 0 Å². The first-order valence-corrected chi connectivity index (χ1v) is 6.75. The van der Waals surface area contributed by atoms with E-state index in [1.165, 1.54) is 0 Å². The van der Waals surface area contributed by atoms with Crippen molar-refractivity contribution in [1.29, 1.82) is 0 Å². The number of rotatable bonds is 2. The lowest BCUT2D eigenvalue weighted by molar-refractivity contribution is -0.137. The molecule has 2 atom stereocenters. The second kappa shape index (κ2) is 4.76. The van der Waals surface area contributed by atoms with Crippen LogP contribution in [0.4, 0.5) is 8.78 Å². The highest BCUT2D eigenvalue weighted by Gasteiger charge is 2.44. The van der Waals surface area contributed by atoms with Gasteiger partial charge in [-0.25, -0.2) is 8.78 Å². The molecule has 0 aliphatic carbocycles. The van der Waals surface area contributed by atoms with Gasteiger partial charge >= 0.3 is 0 Å². The first kappa shape index (κ1) is 13.7. The molecule has 0 spiro atoms. The standard InChI is InChI=1S/C13H22F2N2O/c1-3-12(2)5-4-6-17(9-12)11(18)10-7-13(14,15)8-16-10/h10,16H,3-9H2,1-2H3. The Kier molecular flexibility index (Phi) is 3.63. The number of amides is 1. The predicted octanol–water partition coefficient (Wildman–Crippen LogP) is 2.02. The molecular weight excluding hydrogens is 238 g/mol. The zero-order valence-electron chi connectivity index (χ0n) is 11.1. The van der Waals surface area contributed by atoms with Crippen molar-refractivity contribution in [3.63, 3.8) is 0 Å². The Morgan fingerprint density at radius 2 is 2.22 bits per heavy atom. The summed E-state index contributed by atoms with van der Waals surface area (Å²) in [6.07, 6.45) is 2.75. The molecule has 104 valence electrons. The molecule has 3 nitrogen and oxygen atoms in total. The van der Waals surface area contributed by atoms with Gasteiger partial charge in [0.1, 0.15) is 0 Å². The van der Waals surface area contributed by atoms with E-state index in [0.29, 0.717) is 13.1 Å². The summed E-state index contributed by atoms with van der Waals surface area (Å²) in [6, 6.07) is -0.695. The number of hydrogen-bond acceptors (Lipinski definition) is 2. The largest absolute Gasteiger partial charge is 0.341 e. The third kappa shape index (κ3) is 2.82. The number of alkyl halides is 2. The van der Waals surface area contributed by atoms with Crippen molar-refractivity contribution in [2.75, 3.05) is 19.6 Å². The van der Waals surface area contributed by atoms with Crippen LogP contribution >= 0.6 is 0 Å². The van der Waals surface area contributed by atoms with E-state index in [4.69, 9.17) is 0 Å². The van der Waals surface area contributed by atoms with Gasteiger partial charge in [-0.15, -0.1) is 0 Å². The SMILES string of the molecule is CCC1(C)CCCN(C(=O)C2CC(F)(F)CN2)C1. The Hall–Kier alpha value is -0.710. The van der Waals surface area contributed by atoms with E-state index in [0.717, 1.165) is 19.3 Å². The average Bonchev–Trinajstić information content (AvgIpc) is 2.69. The van der Waals surface area contributed by atoms with E-state index in [9.17, 15) is 13.6 Å². The molecule has 0 bridgehead atoms. The van der Waals surface area contributed by atoms with Crippen molar-refractivity contribution in [2.24, 2.45) is 5.41 Å². The molecule has 0 radical (unpaired) electrons. The molecule has 2 unspecified atom stereocenters. The highest BCUT2D eigenvalue weighted by Crippen LogP contribution is 2.34. The number of likely N-dealkylation sites (tertiary alicyclic amines) is 1. The maximum absolute atomic E-state index is 13.1. The normalized spacial score (nSPS) is 35.8. The Labute approximate surface area is 107 Å². The average molecular weight is 260 g/mol. The van der Waals surface area contributed by atoms with Crippen LogP contribution in [-0.2, 0) is 4.79 Å². The Morgan fingerprint density at radius 1 is 1.50 bits per heavy atom. The second-order valence-corrected chi connectivity index (χ2v) is 6.02. The van der Waals surface area contributed by atoms with Gasteiger partial charge < -0.3 is 4.90 Å². The fourth-order valence-electron chi connectivity index (χ4n) is 2.90. The summed E-state index contributed by atoms with van der Waals surface area (Å²) in [7, 11) is 0. The molecule has 0 aromatic rings. The zero-order valence-corrected chi connectivity index (χ0v) is 11.1. The minimum absolute atomic E-state index is 0.147. The van der Waals surface area contributed by atoms with Gasteiger partial charge in [0, 0.05) is 19.5 Å². The van der Waals surface area contributed by atoms with Crippen LogP contribution in [0.15, 0.2) is 0 Å². The summed E-state index contributed by atoms with van der Waals surface area (Å²) < 4.78 is 26.2. The molecule has 1 amide bonds. The summed E-state index contributed by atoms with van der Waals surface area (Å²) in [6.45, 7) is 5.33. The molecular formula is C13H22F2N2O. The lowest BCUT2D eigenvalue weighted by atomic mass is 9.79. The van der Waals surface area contributed by atoms with E-state index in [2.05, 4.69) is 19.2 Å². The van der Waals surface area contributed by atoms with Crippen LogP contribution in [-0.4, -0.2) is 42.4 Å². The summed E-state index contributed by atoms with van der Waals surface area (Å²) in [4.78, 5) is 14.0. The second-order valence-electron chi connectivity index (χ2n) is 6.02. The van der Waals surface area contributed by atoms with E-state index in [-0.39, 0.29) is 24.3 Å². The predicted molar refractivity (Wildman–Crippen MR) is 65.6 cm³/mol. The lowest BCUT2D eigenvalue weighted by Gasteiger charge is -2.41. The van der Waals surface area contributed by atoms with Crippen LogP contribution in [0.2, 0.25) is 0 Å². The third-order valence-corrected chi connectivity index (χ3v) is 4.35.